The van der Waals surface area contributed by atoms with E-state index in [0.717, 1.165) is 26.1 Å². The first kappa shape index (κ1) is 24.6. The van der Waals surface area contributed by atoms with Gasteiger partial charge >= 0.3 is 0 Å². The maximum atomic E-state index is 13.2. The minimum Gasteiger partial charge on any atom is -0.382 e. The number of carbonyl (C=O) groups excluding carboxylic acids is 1. The highest BCUT2D eigenvalue weighted by Gasteiger charge is 2.25. The number of benzene rings is 1. The number of ether oxygens (including phenoxy) is 2. The van der Waals surface area contributed by atoms with Crippen molar-refractivity contribution in [3.05, 3.63) is 30.1 Å². The Bertz CT molecular complexity index is 633. The number of nitrogens with zero attached hydrogens (tertiary/aromatic N) is 2. The van der Waals surface area contributed by atoms with E-state index in [4.69, 9.17) is 9.47 Å². The van der Waals surface area contributed by atoms with Crippen molar-refractivity contribution in [1.82, 2.24) is 10.2 Å². The molecule has 1 atom stereocenters. The Morgan fingerprint density at radius 2 is 2.21 bits per heavy atom. The molecule has 2 N–H and O–H groups in total. The topological polar surface area (TPSA) is 75.2 Å². The molecule has 0 aliphatic carbocycles. The van der Waals surface area contributed by atoms with E-state index in [9.17, 15) is 9.18 Å². The minimum atomic E-state index is -0.388. The highest BCUT2D eigenvalue weighted by Crippen LogP contribution is 2.16. The molecule has 0 radical (unpaired) electrons. The smallest absolute Gasteiger partial charge is 0.246 e. The van der Waals surface area contributed by atoms with Gasteiger partial charge < -0.3 is 25.0 Å². The molecule has 1 aromatic carbocycles. The van der Waals surface area contributed by atoms with Crippen LogP contribution in [0.1, 0.15) is 13.3 Å². The molecule has 9 heteroatoms. The summed E-state index contributed by atoms with van der Waals surface area (Å²) >= 11 is 0. The van der Waals surface area contributed by atoms with Crippen LogP contribution in [0.25, 0.3) is 0 Å². The molecule has 0 aromatic heterocycles. The van der Waals surface area contributed by atoms with E-state index in [1.54, 1.807) is 19.2 Å². The Balaban J connectivity index is 0.00000392. The number of carbonyl (C=O) groups is 1. The van der Waals surface area contributed by atoms with Gasteiger partial charge in [0.05, 0.1) is 19.8 Å². The molecular formula is C19H30FIN4O3. The van der Waals surface area contributed by atoms with Crippen LogP contribution in [-0.4, -0.2) is 69.9 Å². The van der Waals surface area contributed by atoms with Crippen LogP contribution in [0.2, 0.25) is 0 Å². The van der Waals surface area contributed by atoms with E-state index in [-0.39, 0.29) is 42.2 Å². The van der Waals surface area contributed by atoms with Gasteiger partial charge in [0.15, 0.2) is 5.96 Å². The molecule has 1 amide bonds. The van der Waals surface area contributed by atoms with Crippen LogP contribution < -0.4 is 10.6 Å². The fraction of sp³-hybridized carbons (Fsp3) is 0.579. The zero-order chi connectivity index (χ0) is 19.5. The second-order valence-corrected chi connectivity index (χ2v) is 6.40. The molecule has 0 saturated carbocycles. The molecular weight excluding hydrogens is 478 g/mol. The number of guanidine groups is 1. The Kier molecular flexibility index (Phi) is 12.0. The van der Waals surface area contributed by atoms with Gasteiger partial charge in [0.2, 0.25) is 5.91 Å². The van der Waals surface area contributed by atoms with Crippen LogP contribution in [0.15, 0.2) is 29.3 Å². The van der Waals surface area contributed by atoms with Crippen LogP contribution in [0, 0.1) is 11.7 Å². The standard InChI is InChI=1S/C19H29FN4O3.HI/c1-3-21-19(24-8-7-15(13-24)14-27-10-9-26-2)22-12-18(25)23-17-6-4-5-16(20)11-17;/h4-6,11,15H,3,7-10,12-14H2,1-2H3,(H,21,22)(H,23,25);1H. The molecule has 1 saturated heterocycles. The number of rotatable bonds is 9. The number of hydrogen-bond acceptors (Lipinski definition) is 4. The first-order valence-corrected chi connectivity index (χ1v) is 9.27. The van der Waals surface area contributed by atoms with Crippen molar-refractivity contribution in [1.29, 1.82) is 0 Å². The third-order valence-corrected chi connectivity index (χ3v) is 4.19. The van der Waals surface area contributed by atoms with Crippen molar-refractivity contribution in [3.63, 3.8) is 0 Å². The SMILES string of the molecule is CCNC(=NCC(=O)Nc1cccc(F)c1)N1CCC(COCCOC)C1.I. The summed E-state index contributed by atoms with van der Waals surface area (Å²) in [5.74, 6) is 0.480. The van der Waals surface area contributed by atoms with Gasteiger partial charge in [-0.1, -0.05) is 6.07 Å². The van der Waals surface area contributed by atoms with E-state index in [1.165, 1.54) is 12.1 Å². The molecule has 1 aromatic rings. The van der Waals surface area contributed by atoms with Crippen molar-refractivity contribution in [2.75, 3.05) is 58.4 Å². The predicted molar refractivity (Wildman–Crippen MR) is 119 cm³/mol. The van der Waals surface area contributed by atoms with Crippen molar-refractivity contribution in [2.24, 2.45) is 10.9 Å². The molecule has 158 valence electrons. The molecule has 1 aliphatic heterocycles. The summed E-state index contributed by atoms with van der Waals surface area (Å²) in [5, 5.41) is 5.88. The maximum Gasteiger partial charge on any atom is 0.246 e. The van der Waals surface area contributed by atoms with E-state index in [2.05, 4.69) is 20.5 Å². The molecule has 1 unspecified atom stereocenters. The van der Waals surface area contributed by atoms with Crippen LogP contribution in [0.3, 0.4) is 0 Å². The molecule has 0 spiro atoms. The third-order valence-electron chi connectivity index (χ3n) is 4.19. The number of amides is 1. The summed E-state index contributed by atoms with van der Waals surface area (Å²) in [7, 11) is 1.66. The zero-order valence-corrected chi connectivity index (χ0v) is 18.8. The van der Waals surface area contributed by atoms with Gasteiger partial charge in [-0.05, 0) is 31.5 Å². The van der Waals surface area contributed by atoms with Crippen LogP contribution in [0.4, 0.5) is 10.1 Å². The van der Waals surface area contributed by atoms with Gasteiger partial charge in [-0.2, -0.15) is 0 Å². The van der Waals surface area contributed by atoms with Crippen molar-refractivity contribution >= 4 is 41.5 Å². The molecule has 1 aliphatic rings. The van der Waals surface area contributed by atoms with Crippen molar-refractivity contribution < 1.29 is 18.7 Å². The highest BCUT2D eigenvalue weighted by molar-refractivity contribution is 14.0. The average Bonchev–Trinajstić information content (AvgIpc) is 3.11. The first-order valence-electron chi connectivity index (χ1n) is 9.27. The summed E-state index contributed by atoms with van der Waals surface area (Å²) in [6.45, 7) is 6.28. The average molecular weight is 508 g/mol. The molecule has 1 fully saturated rings. The van der Waals surface area contributed by atoms with Crippen LogP contribution in [0.5, 0.6) is 0 Å². The number of methoxy groups -OCH3 is 1. The Hall–Kier alpha value is -1.46. The number of aliphatic imine (C=N–C) groups is 1. The van der Waals surface area contributed by atoms with E-state index in [0.29, 0.717) is 37.4 Å². The minimum absolute atomic E-state index is 0. The van der Waals surface area contributed by atoms with E-state index < -0.39 is 0 Å². The lowest BCUT2D eigenvalue weighted by Crippen LogP contribution is -2.40. The molecule has 28 heavy (non-hydrogen) atoms. The van der Waals surface area contributed by atoms with Gasteiger partial charge in [0.25, 0.3) is 0 Å². The molecule has 7 nitrogen and oxygen atoms in total. The van der Waals surface area contributed by atoms with Crippen LogP contribution in [-0.2, 0) is 14.3 Å². The second kappa shape index (κ2) is 13.7. The maximum absolute atomic E-state index is 13.2. The number of halogens is 2. The molecule has 1 heterocycles. The monoisotopic (exact) mass is 508 g/mol. The van der Waals surface area contributed by atoms with Gasteiger partial charge in [0, 0.05) is 38.3 Å². The number of anilines is 1. The quantitative estimate of drug-likeness (QED) is 0.232. The van der Waals surface area contributed by atoms with Gasteiger partial charge in [-0.25, -0.2) is 9.38 Å². The van der Waals surface area contributed by atoms with Gasteiger partial charge in [0.1, 0.15) is 12.4 Å². The summed E-state index contributed by atoms with van der Waals surface area (Å²) in [6, 6.07) is 5.81. The number of hydrogen-bond donors (Lipinski definition) is 2. The predicted octanol–water partition coefficient (Wildman–Crippen LogP) is 2.33. The van der Waals surface area contributed by atoms with E-state index in [1.807, 2.05) is 6.92 Å². The summed E-state index contributed by atoms with van der Waals surface area (Å²) in [6.07, 6.45) is 1.02. The van der Waals surface area contributed by atoms with Gasteiger partial charge in [-0.15, -0.1) is 24.0 Å². The fourth-order valence-corrected chi connectivity index (χ4v) is 2.89. The summed E-state index contributed by atoms with van der Waals surface area (Å²) < 4.78 is 23.8. The van der Waals surface area contributed by atoms with E-state index >= 15 is 0 Å². The van der Waals surface area contributed by atoms with Crippen molar-refractivity contribution in [3.8, 4) is 0 Å². The largest absolute Gasteiger partial charge is 0.382 e. The summed E-state index contributed by atoms with van der Waals surface area (Å²) in [4.78, 5) is 18.7. The number of likely N-dealkylation sites (tertiary alicyclic amines) is 1. The molecule has 2 rings (SSSR count). The normalized spacial score (nSPS) is 16.6. The third kappa shape index (κ3) is 8.70. The van der Waals surface area contributed by atoms with Crippen molar-refractivity contribution in [2.45, 2.75) is 13.3 Å². The van der Waals surface area contributed by atoms with Crippen LogP contribution >= 0.6 is 24.0 Å². The Morgan fingerprint density at radius 3 is 2.93 bits per heavy atom. The summed E-state index contributed by atoms with van der Waals surface area (Å²) in [5.41, 5.74) is 0.426. The van der Waals surface area contributed by atoms with Gasteiger partial charge in [-0.3, -0.25) is 4.79 Å². The Morgan fingerprint density at radius 1 is 1.39 bits per heavy atom. The Labute approximate surface area is 183 Å². The lowest BCUT2D eigenvalue weighted by atomic mass is 10.1. The zero-order valence-electron chi connectivity index (χ0n) is 16.4. The highest BCUT2D eigenvalue weighted by atomic mass is 127. The first-order chi connectivity index (χ1) is 13.1. The fourth-order valence-electron chi connectivity index (χ4n) is 2.89. The lowest BCUT2D eigenvalue weighted by Gasteiger charge is -2.21. The lowest BCUT2D eigenvalue weighted by molar-refractivity contribution is -0.114. The molecule has 0 bridgehead atoms. The number of nitrogens with one attached hydrogen (secondary N) is 2. The second-order valence-electron chi connectivity index (χ2n) is 6.40.